The summed E-state index contributed by atoms with van der Waals surface area (Å²) < 4.78 is 42.8. The Morgan fingerprint density at radius 3 is 2.50 bits per heavy atom. The molecule has 1 aliphatic carbocycles. The molecule has 1 saturated heterocycles. The van der Waals surface area contributed by atoms with Crippen molar-refractivity contribution in [2.45, 2.75) is 55.9 Å². The molecule has 4 nitrogen and oxygen atoms in total. The van der Waals surface area contributed by atoms with Gasteiger partial charge in [-0.15, -0.1) is 0 Å². The first kappa shape index (κ1) is 19.1. The third-order valence-corrected chi connectivity index (χ3v) is 8.46. The molecule has 28 heavy (non-hydrogen) atoms. The second-order valence-corrected chi connectivity index (χ2v) is 9.98. The van der Waals surface area contributed by atoms with Crippen molar-refractivity contribution in [3.8, 4) is 6.07 Å². The highest BCUT2D eigenvalue weighted by Gasteiger charge is 2.45. The zero-order chi connectivity index (χ0) is 19.9. The van der Waals surface area contributed by atoms with Gasteiger partial charge in [0.1, 0.15) is 11.1 Å². The normalized spacial score (nSPS) is 25.8. The topological polar surface area (TPSA) is 61.2 Å². The monoisotopic (exact) mass is 398 g/mol. The molecule has 0 N–H and O–H groups in total. The Morgan fingerprint density at radius 2 is 1.89 bits per heavy atom. The summed E-state index contributed by atoms with van der Waals surface area (Å²) in [6, 6.07) is 16.1. The van der Waals surface area contributed by atoms with E-state index in [1.165, 1.54) is 10.4 Å². The maximum atomic E-state index is 14.8. The lowest BCUT2D eigenvalue weighted by Gasteiger charge is -2.37. The maximum absolute atomic E-state index is 14.8. The molecule has 2 atom stereocenters. The van der Waals surface area contributed by atoms with Gasteiger partial charge in [-0.05, 0) is 49.8 Å². The Labute approximate surface area is 165 Å². The van der Waals surface area contributed by atoms with E-state index in [1.54, 1.807) is 12.1 Å². The van der Waals surface area contributed by atoms with Crippen LogP contribution in [-0.2, 0) is 22.0 Å². The van der Waals surface area contributed by atoms with Gasteiger partial charge in [-0.2, -0.15) is 9.57 Å². The Hall–Kier alpha value is -2.23. The number of hydrogen-bond donors (Lipinski definition) is 0. The Morgan fingerprint density at radius 1 is 1.18 bits per heavy atom. The third kappa shape index (κ3) is 3.23. The minimum absolute atomic E-state index is 0.0124. The van der Waals surface area contributed by atoms with Gasteiger partial charge < -0.3 is 0 Å². The molecule has 2 fully saturated rings. The summed E-state index contributed by atoms with van der Waals surface area (Å²) in [6.45, 7) is 1.89. The molecular weight excluding hydrogens is 375 g/mol. The highest BCUT2D eigenvalue weighted by molar-refractivity contribution is 7.89. The first-order valence-corrected chi connectivity index (χ1v) is 11.1. The standard InChI is InChI=1S/C22H23FN2O2S/c1-16-7-10-21(17-5-3-2-4-6-17)28(26,27)25(16)14-18-8-9-19(13-20(18)23)22(15-24)11-12-22/h2-6,8-9,13,16,21H,7,10-12,14H2,1H3/t16-,21+/m0/s1. The number of halogens is 1. The molecule has 2 aromatic rings. The van der Waals surface area contributed by atoms with Crippen LogP contribution in [0.4, 0.5) is 4.39 Å². The number of rotatable bonds is 4. The fraction of sp³-hybridized carbons (Fsp3) is 0.409. The van der Waals surface area contributed by atoms with Gasteiger partial charge in [0.15, 0.2) is 0 Å². The molecule has 2 aliphatic rings. The molecule has 1 aliphatic heterocycles. The smallest absolute Gasteiger partial charge is 0.212 e. The van der Waals surface area contributed by atoms with Crippen LogP contribution in [0.3, 0.4) is 0 Å². The number of sulfonamides is 1. The number of hydrogen-bond acceptors (Lipinski definition) is 3. The van der Waals surface area contributed by atoms with Crippen molar-refractivity contribution in [1.82, 2.24) is 4.31 Å². The summed E-state index contributed by atoms with van der Waals surface area (Å²) in [7, 11) is -3.60. The molecule has 4 rings (SSSR count). The molecule has 0 bridgehead atoms. The average Bonchev–Trinajstić information content (AvgIpc) is 3.48. The lowest BCUT2D eigenvalue weighted by atomic mass is 9.96. The van der Waals surface area contributed by atoms with Crippen molar-refractivity contribution in [3.05, 3.63) is 71.0 Å². The predicted octanol–water partition coefficient (Wildman–Crippen LogP) is 4.44. The van der Waals surface area contributed by atoms with Gasteiger partial charge in [-0.3, -0.25) is 0 Å². The Balaban J connectivity index is 1.62. The summed E-state index contributed by atoms with van der Waals surface area (Å²) in [6.07, 6.45) is 2.79. The van der Waals surface area contributed by atoms with Crippen LogP contribution in [0.2, 0.25) is 0 Å². The fourth-order valence-corrected chi connectivity index (χ4v) is 6.27. The van der Waals surface area contributed by atoms with Crippen molar-refractivity contribution in [3.63, 3.8) is 0 Å². The highest BCUT2D eigenvalue weighted by Crippen LogP contribution is 2.48. The van der Waals surface area contributed by atoms with Crippen LogP contribution in [0.5, 0.6) is 0 Å². The number of nitriles is 1. The molecule has 146 valence electrons. The van der Waals surface area contributed by atoms with Gasteiger partial charge in [0.2, 0.25) is 10.0 Å². The van der Waals surface area contributed by atoms with Gasteiger partial charge in [0.05, 0.1) is 11.5 Å². The van der Waals surface area contributed by atoms with E-state index in [0.29, 0.717) is 17.5 Å². The minimum atomic E-state index is -3.60. The molecule has 0 radical (unpaired) electrons. The number of nitrogens with zero attached hydrogens (tertiary/aromatic N) is 2. The van der Waals surface area contributed by atoms with E-state index in [4.69, 9.17) is 0 Å². The maximum Gasteiger partial charge on any atom is 0.221 e. The van der Waals surface area contributed by atoms with Crippen LogP contribution in [0.15, 0.2) is 48.5 Å². The van der Waals surface area contributed by atoms with Gasteiger partial charge in [0, 0.05) is 18.2 Å². The molecule has 2 aromatic carbocycles. The van der Waals surface area contributed by atoms with Crippen LogP contribution in [0.25, 0.3) is 0 Å². The van der Waals surface area contributed by atoms with Gasteiger partial charge in [-0.1, -0.05) is 42.5 Å². The van der Waals surface area contributed by atoms with Crippen molar-refractivity contribution in [2.24, 2.45) is 0 Å². The van der Waals surface area contributed by atoms with Gasteiger partial charge in [-0.25, -0.2) is 12.8 Å². The van der Waals surface area contributed by atoms with Crippen LogP contribution < -0.4 is 0 Å². The molecular formula is C22H23FN2O2S. The summed E-state index contributed by atoms with van der Waals surface area (Å²) in [4.78, 5) is 0. The predicted molar refractivity (Wildman–Crippen MR) is 105 cm³/mol. The van der Waals surface area contributed by atoms with Crippen molar-refractivity contribution < 1.29 is 12.8 Å². The Kier molecular flexibility index (Phi) is 4.76. The molecule has 1 saturated carbocycles. The summed E-state index contributed by atoms with van der Waals surface area (Å²) >= 11 is 0. The van der Waals surface area contributed by atoms with Crippen molar-refractivity contribution in [2.75, 3.05) is 0 Å². The third-order valence-electron chi connectivity index (χ3n) is 6.09. The van der Waals surface area contributed by atoms with E-state index in [1.807, 2.05) is 37.3 Å². The number of benzene rings is 2. The van der Waals surface area contributed by atoms with Crippen LogP contribution in [0.1, 0.15) is 54.5 Å². The molecule has 0 aromatic heterocycles. The van der Waals surface area contributed by atoms with Gasteiger partial charge >= 0.3 is 0 Å². The first-order valence-electron chi connectivity index (χ1n) is 9.63. The van der Waals surface area contributed by atoms with E-state index in [2.05, 4.69) is 6.07 Å². The van der Waals surface area contributed by atoms with Crippen LogP contribution >= 0.6 is 0 Å². The molecule has 0 spiro atoms. The zero-order valence-corrected chi connectivity index (χ0v) is 16.6. The van der Waals surface area contributed by atoms with Crippen LogP contribution in [-0.4, -0.2) is 18.8 Å². The quantitative estimate of drug-likeness (QED) is 0.765. The zero-order valence-electron chi connectivity index (χ0n) is 15.8. The van der Waals surface area contributed by atoms with E-state index in [9.17, 15) is 18.1 Å². The SMILES string of the molecule is C[C@H]1CC[C@H](c2ccccc2)S(=O)(=O)N1Cc1ccc(C2(C#N)CC2)cc1F. The minimum Gasteiger partial charge on any atom is -0.212 e. The fourth-order valence-electron chi connectivity index (χ4n) is 4.08. The molecule has 0 unspecified atom stereocenters. The van der Waals surface area contributed by atoms with E-state index in [-0.39, 0.29) is 12.6 Å². The largest absolute Gasteiger partial charge is 0.221 e. The Bertz CT molecular complexity index is 1030. The van der Waals surface area contributed by atoms with E-state index in [0.717, 1.165) is 24.8 Å². The van der Waals surface area contributed by atoms with Crippen molar-refractivity contribution in [1.29, 1.82) is 5.26 Å². The van der Waals surface area contributed by atoms with Crippen molar-refractivity contribution >= 4 is 10.0 Å². The second-order valence-electron chi connectivity index (χ2n) is 7.92. The summed E-state index contributed by atoms with van der Waals surface area (Å²) in [5.41, 5.74) is 1.26. The summed E-state index contributed by atoms with van der Waals surface area (Å²) in [5.74, 6) is -0.441. The lowest BCUT2D eigenvalue weighted by Crippen LogP contribution is -2.44. The molecule has 1 heterocycles. The summed E-state index contributed by atoms with van der Waals surface area (Å²) in [5, 5.41) is 8.72. The van der Waals surface area contributed by atoms with E-state index < -0.39 is 26.5 Å². The molecule has 0 amide bonds. The van der Waals surface area contributed by atoms with Gasteiger partial charge in [0.25, 0.3) is 0 Å². The van der Waals surface area contributed by atoms with E-state index >= 15 is 0 Å². The first-order chi connectivity index (χ1) is 13.4. The van der Waals surface area contributed by atoms with Crippen LogP contribution in [0, 0.1) is 17.1 Å². The second kappa shape index (κ2) is 6.98. The average molecular weight is 399 g/mol. The highest BCUT2D eigenvalue weighted by atomic mass is 32.2. The molecule has 6 heteroatoms. The lowest BCUT2D eigenvalue weighted by molar-refractivity contribution is 0.279.